The van der Waals surface area contributed by atoms with Crippen molar-refractivity contribution in [2.75, 3.05) is 57.6 Å². The topological polar surface area (TPSA) is 126 Å². The van der Waals surface area contributed by atoms with Gasteiger partial charge in [0.25, 0.3) is 0 Å². The summed E-state index contributed by atoms with van der Waals surface area (Å²) >= 11 is 3.48. The van der Waals surface area contributed by atoms with Gasteiger partial charge in [-0.25, -0.2) is 9.97 Å². The van der Waals surface area contributed by atoms with Gasteiger partial charge in [0.15, 0.2) is 0 Å². The SMILES string of the molecule is COC(=O)CC(CC(=O)OC)N1CCN(CC=CC(=O)Nc2ccc3ncnc(Nc4cccc(Br)c4)c3c2)CC1. The highest BCUT2D eigenvalue weighted by Gasteiger charge is 2.28. The first kappa shape index (κ1) is 30.1. The van der Waals surface area contributed by atoms with Crippen LogP contribution in [0.3, 0.4) is 0 Å². The van der Waals surface area contributed by atoms with E-state index in [0.29, 0.717) is 31.1 Å². The molecule has 12 heteroatoms. The number of piperazine rings is 1. The summed E-state index contributed by atoms with van der Waals surface area (Å²) in [6, 6.07) is 13.0. The minimum atomic E-state index is -0.355. The van der Waals surface area contributed by atoms with Gasteiger partial charge in [0.05, 0.1) is 32.6 Å². The summed E-state index contributed by atoms with van der Waals surface area (Å²) in [7, 11) is 2.68. The van der Waals surface area contributed by atoms with E-state index in [1.807, 2.05) is 48.5 Å². The first-order valence-corrected chi connectivity index (χ1v) is 14.0. The van der Waals surface area contributed by atoms with Crippen molar-refractivity contribution in [3.8, 4) is 0 Å². The van der Waals surface area contributed by atoms with E-state index in [1.54, 1.807) is 0 Å². The second kappa shape index (κ2) is 14.7. The van der Waals surface area contributed by atoms with Crippen LogP contribution in [0.25, 0.3) is 10.9 Å². The molecule has 0 unspecified atom stereocenters. The van der Waals surface area contributed by atoms with Crippen molar-refractivity contribution in [1.82, 2.24) is 19.8 Å². The third-order valence-corrected chi connectivity index (χ3v) is 7.30. The molecule has 2 heterocycles. The molecule has 216 valence electrons. The van der Waals surface area contributed by atoms with Crippen molar-refractivity contribution < 1.29 is 23.9 Å². The second-order valence-electron chi connectivity index (χ2n) is 9.53. The van der Waals surface area contributed by atoms with Gasteiger partial charge in [-0.2, -0.15) is 0 Å². The Hall–Kier alpha value is -3.87. The number of nitrogens with one attached hydrogen (secondary N) is 2. The van der Waals surface area contributed by atoms with Crippen LogP contribution < -0.4 is 10.6 Å². The van der Waals surface area contributed by atoms with Crippen molar-refractivity contribution in [2.45, 2.75) is 18.9 Å². The van der Waals surface area contributed by atoms with E-state index in [-0.39, 0.29) is 36.7 Å². The molecule has 2 aromatic carbocycles. The summed E-state index contributed by atoms with van der Waals surface area (Å²) in [5, 5.41) is 7.00. The Bertz CT molecular complexity index is 1390. The van der Waals surface area contributed by atoms with Gasteiger partial charge in [0.2, 0.25) is 5.91 Å². The Morgan fingerprint density at radius 3 is 2.39 bits per heavy atom. The van der Waals surface area contributed by atoms with Crippen LogP contribution in [0, 0.1) is 0 Å². The third kappa shape index (κ3) is 8.81. The van der Waals surface area contributed by atoms with Crippen LogP contribution in [-0.2, 0) is 23.9 Å². The van der Waals surface area contributed by atoms with Crippen LogP contribution >= 0.6 is 15.9 Å². The quantitative estimate of drug-likeness (QED) is 0.241. The van der Waals surface area contributed by atoms with Gasteiger partial charge in [-0.1, -0.05) is 28.1 Å². The van der Waals surface area contributed by atoms with Crippen LogP contribution in [0.4, 0.5) is 17.2 Å². The van der Waals surface area contributed by atoms with Crippen molar-refractivity contribution in [1.29, 1.82) is 0 Å². The van der Waals surface area contributed by atoms with Crippen molar-refractivity contribution >= 4 is 61.9 Å². The molecule has 4 rings (SSSR count). The van der Waals surface area contributed by atoms with E-state index in [2.05, 4.69) is 46.3 Å². The molecule has 0 saturated carbocycles. The molecule has 0 aliphatic carbocycles. The molecule has 0 radical (unpaired) electrons. The number of esters is 2. The number of fused-ring (bicyclic) bond motifs is 1. The van der Waals surface area contributed by atoms with Gasteiger partial charge in [0, 0.05) is 66.1 Å². The minimum absolute atomic E-state index is 0.133. The maximum absolute atomic E-state index is 12.6. The number of halogens is 1. The van der Waals surface area contributed by atoms with Crippen LogP contribution in [0.2, 0.25) is 0 Å². The molecule has 0 atom stereocenters. The average molecular weight is 626 g/mol. The number of aromatic nitrogens is 2. The Morgan fingerprint density at radius 1 is 0.976 bits per heavy atom. The molecule has 1 amide bonds. The largest absolute Gasteiger partial charge is 0.469 e. The molecule has 0 spiro atoms. The highest BCUT2D eigenvalue weighted by atomic mass is 79.9. The summed E-state index contributed by atoms with van der Waals surface area (Å²) in [6.07, 6.45) is 5.12. The molecule has 41 heavy (non-hydrogen) atoms. The summed E-state index contributed by atoms with van der Waals surface area (Å²) in [5.74, 6) is -0.311. The number of carbonyl (C=O) groups excluding carboxylic acids is 3. The predicted molar refractivity (Wildman–Crippen MR) is 160 cm³/mol. The predicted octanol–water partition coefficient (Wildman–Crippen LogP) is 3.74. The zero-order chi connectivity index (χ0) is 29.2. The number of benzene rings is 2. The fraction of sp³-hybridized carbons (Fsp3) is 0.345. The van der Waals surface area contributed by atoms with Gasteiger partial charge in [-0.3, -0.25) is 24.2 Å². The molecule has 1 aliphatic heterocycles. The van der Waals surface area contributed by atoms with Crippen molar-refractivity contribution in [3.05, 3.63) is 65.4 Å². The van der Waals surface area contributed by atoms with Gasteiger partial charge < -0.3 is 20.1 Å². The molecule has 2 N–H and O–H groups in total. The summed E-state index contributed by atoms with van der Waals surface area (Å²) in [4.78, 5) is 49.4. The lowest BCUT2D eigenvalue weighted by Gasteiger charge is -2.38. The molecule has 3 aromatic rings. The molecule has 1 aromatic heterocycles. The van der Waals surface area contributed by atoms with Crippen LogP contribution in [0.1, 0.15) is 12.8 Å². The zero-order valence-electron chi connectivity index (χ0n) is 23.0. The highest BCUT2D eigenvalue weighted by Crippen LogP contribution is 2.27. The van der Waals surface area contributed by atoms with E-state index >= 15 is 0 Å². The lowest BCUT2D eigenvalue weighted by molar-refractivity contribution is -0.145. The number of hydrogen-bond acceptors (Lipinski definition) is 10. The van der Waals surface area contributed by atoms with Gasteiger partial charge in [0.1, 0.15) is 12.1 Å². The van der Waals surface area contributed by atoms with Crippen LogP contribution in [0.15, 0.2) is 65.4 Å². The number of carbonyl (C=O) groups is 3. The molecule has 1 fully saturated rings. The number of nitrogens with zero attached hydrogens (tertiary/aromatic N) is 4. The molecule has 1 saturated heterocycles. The lowest BCUT2D eigenvalue weighted by atomic mass is 10.1. The van der Waals surface area contributed by atoms with Crippen LogP contribution in [-0.4, -0.2) is 90.6 Å². The monoisotopic (exact) mass is 624 g/mol. The first-order valence-electron chi connectivity index (χ1n) is 13.2. The molecular formula is C29H33BrN6O5. The fourth-order valence-electron chi connectivity index (χ4n) is 4.62. The van der Waals surface area contributed by atoms with Crippen molar-refractivity contribution in [2.24, 2.45) is 0 Å². The molecule has 1 aliphatic rings. The minimum Gasteiger partial charge on any atom is -0.469 e. The first-order chi connectivity index (χ1) is 19.8. The van der Waals surface area contributed by atoms with Crippen molar-refractivity contribution in [3.63, 3.8) is 0 Å². The fourth-order valence-corrected chi connectivity index (χ4v) is 5.02. The Kier molecular flexibility index (Phi) is 10.8. The Morgan fingerprint density at radius 2 is 1.71 bits per heavy atom. The Balaban J connectivity index is 1.30. The number of rotatable bonds is 11. The number of hydrogen-bond donors (Lipinski definition) is 2. The summed E-state index contributed by atoms with van der Waals surface area (Å²) < 4.78 is 10.5. The van der Waals surface area contributed by atoms with E-state index in [9.17, 15) is 14.4 Å². The lowest BCUT2D eigenvalue weighted by Crippen LogP contribution is -2.51. The summed E-state index contributed by atoms with van der Waals surface area (Å²) in [5.41, 5.74) is 2.26. The van der Waals surface area contributed by atoms with E-state index in [4.69, 9.17) is 9.47 Å². The normalized spacial score (nSPS) is 14.3. The number of ether oxygens (including phenoxy) is 2. The van der Waals surface area contributed by atoms with Gasteiger partial charge in [-0.15, -0.1) is 0 Å². The highest BCUT2D eigenvalue weighted by molar-refractivity contribution is 9.10. The third-order valence-electron chi connectivity index (χ3n) is 6.81. The van der Waals surface area contributed by atoms with E-state index in [0.717, 1.165) is 34.2 Å². The van der Waals surface area contributed by atoms with Gasteiger partial charge >= 0.3 is 11.9 Å². The van der Waals surface area contributed by atoms with Gasteiger partial charge in [-0.05, 0) is 36.4 Å². The summed E-state index contributed by atoms with van der Waals surface area (Å²) in [6.45, 7) is 3.46. The molecule has 11 nitrogen and oxygen atoms in total. The molecular weight excluding hydrogens is 592 g/mol. The second-order valence-corrected chi connectivity index (χ2v) is 10.4. The van der Waals surface area contributed by atoms with Crippen LogP contribution in [0.5, 0.6) is 0 Å². The number of anilines is 3. The zero-order valence-corrected chi connectivity index (χ0v) is 24.6. The smallest absolute Gasteiger partial charge is 0.307 e. The maximum Gasteiger partial charge on any atom is 0.307 e. The van der Waals surface area contributed by atoms with E-state index in [1.165, 1.54) is 26.6 Å². The van der Waals surface area contributed by atoms with E-state index < -0.39 is 0 Å². The average Bonchev–Trinajstić information content (AvgIpc) is 2.97. The Labute approximate surface area is 247 Å². The number of methoxy groups -OCH3 is 2. The number of amides is 1. The molecule has 0 bridgehead atoms. The maximum atomic E-state index is 12.6. The standard InChI is InChI=1S/C29H33BrN6O5/c1-40-27(38)17-23(18-28(39)41-2)36-13-11-35(12-14-36)10-4-7-26(37)33-22-8-9-25-24(16-22)29(32-19-31-25)34-21-6-3-5-20(30)15-21/h3-9,15-16,19,23H,10-14,17-18H2,1-2H3,(H,33,37)(H,31,32,34).